The Morgan fingerprint density at radius 2 is 1.00 bits per heavy atom. The molecule has 3 saturated heterocycles. The van der Waals surface area contributed by atoms with Gasteiger partial charge < -0.3 is 0 Å². The van der Waals surface area contributed by atoms with Crippen molar-refractivity contribution in [3.8, 4) is 0 Å². The second-order valence-corrected chi connectivity index (χ2v) is 10.7. The normalized spacial score (nSPS) is 22.6. The zero-order chi connectivity index (χ0) is 22.0. The van der Waals surface area contributed by atoms with E-state index >= 15 is 0 Å². The van der Waals surface area contributed by atoms with Gasteiger partial charge in [-0.15, -0.1) is 0 Å². The number of hydrogen-bond acceptors (Lipinski definition) is 4. The summed E-state index contributed by atoms with van der Waals surface area (Å²) in [5.41, 5.74) is 2.54. The molecule has 0 saturated carbocycles. The summed E-state index contributed by atoms with van der Waals surface area (Å²) in [4.78, 5) is 5.33. The molecule has 166 valence electrons. The molecule has 0 N–H and O–H groups in total. The van der Waals surface area contributed by atoms with Gasteiger partial charge in [-0.25, -0.2) is 8.42 Å². The molecule has 0 aliphatic carbocycles. The molecule has 0 spiro atoms. The number of sulfonamides is 1. The summed E-state index contributed by atoms with van der Waals surface area (Å²) >= 11 is 0. The third kappa shape index (κ3) is 4.50. The lowest BCUT2D eigenvalue weighted by molar-refractivity contribution is 0.0412. The largest absolute Gasteiger partial charge is 0.292 e. The summed E-state index contributed by atoms with van der Waals surface area (Å²) in [6.07, 6.45) is 0. The first-order chi connectivity index (χ1) is 15.6. The molecule has 3 aromatic carbocycles. The van der Waals surface area contributed by atoms with E-state index in [4.69, 9.17) is 0 Å². The van der Waals surface area contributed by atoms with Gasteiger partial charge in [0.25, 0.3) is 0 Å². The van der Waals surface area contributed by atoms with Gasteiger partial charge in [-0.3, -0.25) is 9.80 Å². The Kier molecular flexibility index (Phi) is 6.11. The van der Waals surface area contributed by atoms with Crippen molar-refractivity contribution >= 4 is 10.0 Å². The lowest BCUT2D eigenvalue weighted by Gasteiger charge is -2.43. The Bertz CT molecular complexity index is 1070. The number of rotatable bonds is 6. The van der Waals surface area contributed by atoms with E-state index in [2.05, 4.69) is 58.3 Å². The summed E-state index contributed by atoms with van der Waals surface area (Å²) < 4.78 is 28.7. The van der Waals surface area contributed by atoms with Crippen LogP contribution in [0.4, 0.5) is 0 Å². The highest BCUT2D eigenvalue weighted by Gasteiger charge is 2.42. The molecule has 3 fully saturated rings. The van der Waals surface area contributed by atoms with E-state index in [1.165, 1.54) is 11.1 Å². The highest BCUT2D eigenvalue weighted by Crippen LogP contribution is 2.28. The van der Waals surface area contributed by atoms with Gasteiger partial charge in [-0.1, -0.05) is 78.9 Å². The maximum Gasteiger partial charge on any atom is 0.243 e. The molecule has 2 atom stereocenters. The fourth-order valence-corrected chi connectivity index (χ4v) is 6.46. The molecule has 2 unspecified atom stereocenters. The Morgan fingerprint density at radius 3 is 1.44 bits per heavy atom. The number of piperazine rings is 1. The Hall–Kier alpha value is -2.51. The van der Waals surface area contributed by atoms with Crippen LogP contribution in [0.5, 0.6) is 0 Å². The van der Waals surface area contributed by atoms with Crippen molar-refractivity contribution in [1.29, 1.82) is 0 Å². The summed E-state index contributed by atoms with van der Waals surface area (Å²) in [5.74, 6) is 0. The molecule has 6 heteroatoms. The van der Waals surface area contributed by atoms with E-state index in [1.807, 2.05) is 18.2 Å². The van der Waals surface area contributed by atoms with Crippen LogP contribution in [0.15, 0.2) is 95.9 Å². The van der Waals surface area contributed by atoms with E-state index in [0.29, 0.717) is 18.0 Å². The third-order valence-electron chi connectivity index (χ3n) is 6.59. The molecule has 0 aromatic heterocycles. The molecule has 3 aromatic rings. The average molecular weight is 448 g/mol. The van der Waals surface area contributed by atoms with Crippen LogP contribution in [0.2, 0.25) is 0 Å². The lowest BCUT2D eigenvalue weighted by Crippen LogP contribution is -2.57. The van der Waals surface area contributed by atoms with Crippen molar-refractivity contribution < 1.29 is 8.42 Å². The van der Waals surface area contributed by atoms with E-state index < -0.39 is 10.0 Å². The van der Waals surface area contributed by atoms with Crippen molar-refractivity contribution in [2.75, 3.05) is 26.2 Å². The van der Waals surface area contributed by atoms with E-state index in [0.717, 1.165) is 26.2 Å². The van der Waals surface area contributed by atoms with E-state index in [9.17, 15) is 8.42 Å². The second kappa shape index (κ2) is 9.16. The maximum absolute atomic E-state index is 13.5. The van der Waals surface area contributed by atoms with Crippen molar-refractivity contribution in [2.45, 2.75) is 30.1 Å². The number of nitrogens with zero attached hydrogens (tertiary/aromatic N) is 3. The average Bonchev–Trinajstić information content (AvgIpc) is 3.12. The van der Waals surface area contributed by atoms with Crippen LogP contribution in [0.25, 0.3) is 0 Å². The minimum Gasteiger partial charge on any atom is -0.292 e. The third-order valence-corrected chi connectivity index (χ3v) is 8.44. The highest BCUT2D eigenvalue weighted by atomic mass is 32.2. The quantitative estimate of drug-likeness (QED) is 0.581. The van der Waals surface area contributed by atoms with Gasteiger partial charge in [0, 0.05) is 51.4 Å². The molecule has 3 heterocycles. The molecule has 32 heavy (non-hydrogen) atoms. The number of fused-ring (bicyclic) bond motifs is 4. The molecule has 6 rings (SSSR count). The van der Waals surface area contributed by atoms with Crippen LogP contribution < -0.4 is 0 Å². The zero-order valence-corrected chi connectivity index (χ0v) is 18.9. The molecular weight excluding hydrogens is 418 g/mol. The van der Waals surface area contributed by atoms with Crippen LogP contribution in [-0.2, 0) is 23.1 Å². The Balaban J connectivity index is 1.43. The fourth-order valence-electron chi connectivity index (χ4n) is 4.92. The van der Waals surface area contributed by atoms with Gasteiger partial charge >= 0.3 is 0 Å². The second-order valence-electron chi connectivity index (χ2n) is 8.77. The SMILES string of the molecule is O=S(=O)(c1ccccc1)N1CC2CN(Cc3ccccc3)C(CN2Cc2ccccc2)C1. The molecule has 2 bridgehead atoms. The van der Waals surface area contributed by atoms with Crippen molar-refractivity contribution in [3.05, 3.63) is 102 Å². The van der Waals surface area contributed by atoms with Gasteiger partial charge in [-0.2, -0.15) is 4.31 Å². The first-order valence-electron chi connectivity index (χ1n) is 11.2. The number of benzene rings is 3. The van der Waals surface area contributed by atoms with Gasteiger partial charge in [0.1, 0.15) is 0 Å². The predicted octanol–water partition coefficient (Wildman–Crippen LogP) is 3.45. The Labute approximate surface area is 190 Å². The van der Waals surface area contributed by atoms with Crippen molar-refractivity contribution in [2.24, 2.45) is 0 Å². The molecule has 3 aliphatic heterocycles. The lowest BCUT2D eigenvalue weighted by atomic mass is 10.1. The molecule has 0 amide bonds. The maximum atomic E-state index is 13.5. The van der Waals surface area contributed by atoms with Crippen LogP contribution in [0.1, 0.15) is 11.1 Å². The molecule has 3 aliphatic rings. The molecule has 0 radical (unpaired) electrons. The first-order valence-corrected chi connectivity index (χ1v) is 12.6. The topological polar surface area (TPSA) is 43.9 Å². The van der Waals surface area contributed by atoms with Crippen molar-refractivity contribution in [3.63, 3.8) is 0 Å². The summed E-state index contributed by atoms with van der Waals surface area (Å²) in [6, 6.07) is 30.1. The number of hydrogen-bond donors (Lipinski definition) is 0. The van der Waals surface area contributed by atoms with Gasteiger partial charge in [0.2, 0.25) is 10.0 Å². The van der Waals surface area contributed by atoms with Gasteiger partial charge in [0.15, 0.2) is 0 Å². The van der Waals surface area contributed by atoms with Crippen LogP contribution in [0.3, 0.4) is 0 Å². The highest BCUT2D eigenvalue weighted by molar-refractivity contribution is 7.89. The fraction of sp³-hybridized carbons (Fsp3) is 0.308. The first kappa shape index (κ1) is 21.3. The van der Waals surface area contributed by atoms with Gasteiger partial charge in [-0.05, 0) is 23.3 Å². The van der Waals surface area contributed by atoms with Crippen LogP contribution >= 0.6 is 0 Å². The van der Waals surface area contributed by atoms with Crippen molar-refractivity contribution in [1.82, 2.24) is 14.1 Å². The monoisotopic (exact) mass is 447 g/mol. The molecule has 5 nitrogen and oxygen atoms in total. The van der Waals surface area contributed by atoms with E-state index in [1.54, 1.807) is 28.6 Å². The minimum absolute atomic E-state index is 0.149. The standard InChI is InChI=1S/C26H29N3O2S/c30-32(31,26-14-8-3-9-15-26)29-20-24-19-28(17-23-12-6-2-7-13-23)25(21-29)18-27(24)16-22-10-4-1-5-11-22/h1-15,24-25H,16-21H2. The smallest absolute Gasteiger partial charge is 0.243 e. The van der Waals surface area contributed by atoms with Crippen LogP contribution in [-0.4, -0.2) is 60.8 Å². The summed E-state index contributed by atoms with van der Waals surface area (Å²) in [5, 5.41) is 0. The molecular formula is C26H29N3O2S. The zero-order valence-electron chi connectivity index (χ0n) is 18.1. The van der Waals surface area contributed by atoms with Gasteiger partial charge in [0.05, 0.1) is 4.90 Å². The van der Waals surface area contributed by atoms with Crippen LogP contribution in [0, 0.1) is 0 Å². The Morgan fingerprint density at radius 1 is 0.594 bits per heavy atom. The van der Waals surface area contributed by atoms with E-state index in [-0.39, 0.29) is 12.1 Å². The predicted molar refractivity (Wildman–Crippen MR) is 126 cm³/mol. The summed E-state index contributed by atoms with van der Waals surface area (Å²) in [6.45, 7) is 4.47. The summed E-state index contributed by atoms with van der Waals surface area (Å²) in [7, 11) is -3.52. The minimum atomic E-state index is -3.52.